The number of hydrogen-bond acceptors (Lipinski definition) is 6. The summed E-state index contributed by atoms with van der Waals surface area (Å²) in [4.78, 5) is 25.0. The number of nitrogens with zero attached hydrogens (tertiary/aromatic N) is 2. The van der Waals surface area contributed by atoms with Crippen molar-refractivity contribution in [3.63, 3.8) is 0 Å². The van der Waals surface area contributed by atoms with Gasteiger partial charge in [0.2, 0.25) is 5.13 Å². The lowest BCUT2D eigenvalue weighted by atomic mass is 10.2. The molecule has 2 heterocycles. The van der Waals surface area contributed by atoms with Gasteiger partial charge in [0.05, 0.1) is 4.88 Å². The lowest BCUT2D eigenvalue weighted by Crippen LogP contribution is -2.13. The molecule has 6 nitrogen and oxygen atoms in total. The van der Waals surface area contributed by atoms with Crippen LogP contribution in [0.4, 0.5) is 10.8 Å². The second-order valence-electron chi connectivity index (χ2n) is 5.57. The first-order valence-corrected chi connectivity index (χ1v) is 9.94. The number of nitrogens with one attached hydrogen (secondary N) is 2. The summed E-state index contributed by atoms with van der Waals surface area (Å²) >= 11 is 2.77. The summed E-state index contributed by atoms with van der Waals surface area (Å²) in [5.74, 6) is -0.412. The topological polar surface area (TPSA) is 84.0 Å². The zero-order chi connectivity index (χ0) is 18.4. The summed E-state index contributed by atoms with van der Waals surface area (Å²) in [5, 5.41) is 16.9. The van der Waals surface area contributed by atoms with E-state index in [1.807, 2.05) is 11.4 Å². The van der Waals surface area contributed by atoms with Crippen molar-refractivity contribution in [2.24, 2.45) is 0 Å². The van der Waals surface area contributed by atoms with E-state index in [0.29, 0.717) is 21.3 Å². The Morgan fingerprint density at radius 1 is 1.04 bits per heavy atom. The molecular weight excluding hydrogens is 368 g/mol. The van der Waals surface area contributed by atoms with E-state index in [0.717, 1.165) is 24.3 Å². The Kier molecular flexibility index (Phi) is 6.08. The molecule has 3 aromatic rings. The molecule has 0 aliphatic heterocycles. The summed E-state index contributed by atoms with van der Waals surface area (Å²) in [5.41, 5.74) is 1.13. The summed E-state index contributed by atoms with van der Waals surface area (Å²) < 4.78 is 0. The second kappa shape index (κ2) is 8.68. The smallest absolute Gasteiger partial charge is 0.265 e. The number of thiophene rings is 1. The minimum atomic E-state index is -0.251. The van der Waals surface area contributed by atoms with Crippen molar-refractivity contribution in [1.82, 2.24) is 10.2 Å². The van der Waals surface area contributed by atoms with Crippen LogP contribution in [-0.4, -0.2) is 22.0 Å². The number of carbonyl (C=O) groups excluding carboxylic acids is 2. The number of carbonyl (C=O) groups is 2. The highest BCUT2D eigenvalue weighted by Crippen LogP contribution is 2.19. The fourth-order valence-corrected chi connectivity index (χ4v) is 3.60. The Balaban J connectivity index is 1.58. The fraction of sp³-hybridized carbons (Fsp3) is 0.222. The van der Waals surface area contributed by atoms with Gasteiger partial charge >= 0.3 is 0 Å². The van der Waals surface area contributed by atoms with Crippen LogP contribution in [0.25, 0.3) is 0 Å². The standard InChI is InChI=1S/C18H18N4O2S2/c1-2-3-6-15-21-22-18(26-15)20-16(23)12-7-9-13(10-8-12)19-17(24)14-5-4-11-25-14/h4-5,7-11H,2-3,6H2,1H3,(H,19,24)(H,20,22,23). The Morgan fingerprint density at radius 3 is 2.54 bits per heavy atom. The largest absolute Gasteiger partial charge is 0.321 e. The normalized spacial score (nSPS) is 10.5. The molecule has 8 heteroatoms. The van der Waals surface area contributed by atoms with Crippen LogP contribution in [0.3, 0.4) is 0 Å². The van der Waals surface area contributed by atoms with Gasteiger partial charge in [-0.15, -0.1) is 21.5 Å². The number of benzene rings is 1. The molecule has 0 atom stereocenters. The van der Waals surface area contributed by atoms with Gasteiger partial charge in [0.15, 0.2) is 0 Å². The van der Waals surface area contributed by atoms with Gasteiger partial charge in [-0.3, -0.25) is 14.9 Å². The molecule has 26 heavy (non-hydrogen) atoms. The highest BCUT2D eigenvalue weighted by molar-refractivity contribution is 7.15. The summed E-state index contributed by atoms with van der Waals surface area (Å²) in [6, 6.07) is 10.3. The van der Waals surface area contributed by atoms with Gasteiger partial charge in [-0.05, 0) is 42.1 Å². The molecule has 2 N–H and O–H groups in total. The first-order chi connectivity index (χ1) is 12.7. The van der Waals surface area contributed by atoms with Gasteiger partial charge in [0.1, 0.15) is 5.01 Å². The molecule has 0 aliphatic carbocycles. The van der Waals surface area contributed by atoms with E-state index < -0.39 is 0 Å². The van der Waals surface area contributed by atoms with Crippen molar-refractivity contribution in [3.8, 4) is 0 Å². The molecule has 0 saturated heterocycles. The average molecular weight is 387 g/mol. The molecule has 0 unspecified atom stereocenters. The lowest BCUT2D eigenvalue weighted by molar-refractivity contribution is 0.102. The van der Waals surface area contributed by atoms with Gasteiger partial charge in [0, 0.05) is 17.7 Å². The Morgan fingerprint density at radius 2 is 1.85 bits per heavy atom. The van der Waals surface area contributed by atoms with E-state index in [4.69, 9.17) is 0 Å². The van der Waals surface area contributed by atoms with Crippen molar-refractivity contribution < 1.29 is 9.59 Å². The second-order valence-corrected chi connectivity index (χ2v) is 7.58. The van der Waals surface area contributed by atoms with Crippen LogP contribution in [0, 0.1) is 0 Å². The maximum absolute atomic E-state index is 12.3. The van der Waals surface area contributed by atoms with Crippen molar-refractivity contribution >= 4 is 45.3 Å². The van der Waals surface area contributed by atoms with Crippen LogP contribution < -0.4 is 10.6 Å². The monoisotopic (exact) mass is 386 g/mol. The molecule has 2 aromatic heterocycles. The predicted octanol–water partition coefficient (Wildman–Crippen LogP) is 4.45. The third-order valence-electron chi connectivity index (χ3n) is 3.58. The quantitative estimate of drug-likeness (QED) is 0.628. The van der Waals surface area contributed by atoms with Gasteiger partial charge in [-0.25, -0.2) is 0 Å². The first kappa shape index (κ1) is 18.2. The molecular formula is C18H18N4O2S2. The van der Waals surface area contributed by atoms with Crippen molar-refractivity contribution in [2.75, 3.05) is 10.6 Å². The Hall–Kier alpha value is -2.58. The molecule has 2 amide bonds. The fourth-order valence-electron chi connectivity index (χ4n) is 2.21. The van der Waals surface area contributed by atoms with E-state index in [1.165, 1.54) is 22.7 Å². The maximum atomic E-state index is 12.3. The zero-order valence-corrected chi connectivity index (χ0v) is 15.8. The van der Waals surface area contributed by atoms with E-state index in [1.54, 1.807) is 30.3 Å². The van der Waals surface area contributed by atoms with Crippen LogP contribution in [0.15, 0.2) is 41.8 Å². The van der Waals surface area contributed by atoms with Gasteiger partial charge < -0.3 is 5.32 Å². The lowest BCUT2D eigenvalue weighted by Gasteiger charge is -2.05. The van der Waals surface area contributed by atoms with Crippen molar-refractivity contribution in [2.45, 2.75) is 26.2 Å². The van der Waals surface area contributed by atoms with Crippen LogP contribution in [0.1, 0.15) is 44.8 Å². The molecule has 134 valence electrons. The third-order valence-corrected chi connectivity index (χ3v) is 5.35. The average Bonchev–Trinajstić information content (AvgIpc) is 3.32. The first-order valence-electron chi connectivity index (χ1n) is 8.24. The summed E-state index contributed by atoms with van der Waals surface area (Å²) in [6.45, 7) is 2.12. The van der Waals surface area contributed by atoms with Crippen LogP contribution in [0.5, 0.6) is 0 Å². The van der Waals surface area contributed by atoms with E-state index in [2.05, 4.69) is 27.8 Å². The highest BCUT2D eigenvalue weighted by Gasteiger charge is 2.11. The molecule has 3 rings (SSSR count). The molecule has 0 fully saturated rings. The zero-order valence-electron chi connectivity index (χ0n) is 14.2. The minimum absolute atomic E-state index is 0.161. The number of hydrogen-bond donors (Lipinski definition) is 2. The number of aromatic nitrogens is 2. The van der Waals surface area contributed by atoms with Gasteiger partial charge in [-0.1, -0.05) is 30.7 Å². The number of unbranched alkanes of at least 4 members (excludes halogenated alkanes) is 1. The van der Waals surface area contributed by atoms with Crippen LogP contribution in [0.2, 0.25) is 0 Å². The molecule has 0 spiro atoms. The Labute approximate surface area is 159 Å². The van der Waals surface area contributed by atoms with Gasteiger partial charge in [0.25, 0.3) is 11.8 Å². The number of rotatable bonds is 7. The molecule has 0 aliphatic rings. The maximum Gasteiger partial charge on any atom is 0.265 e. The number of anilines is 2. The van der Waals surface area contributed by atoms with E-state index >= 15 is 0 Å². The minimum Gasteiger partial charge on any atom is -0.321 e. The molecule has 0 bridgehead atoms. The van der Waals surface area contributed by atoms with Crippen LogP contribution in [-0.2, 0) is 6.42 Å². The highest BCUT2D eigenvalue weighted by atomic mass is 32.1. The van der Waals surface area contributed by atoms with Crippen LogP contribution >= 0.6 is 22.7 Å². The number of aryl methyl sites for hydroxylation is 1. The van der Waals surface area contributed by atoms with E-state index in [-0.39, 0.29) is 11.8 Å². The Bertz CT molecular complexity index is 873. The third kappa shape index (κ3) is 4.74. The SMILES string of the molecule is CCCCc1nnc(NC(=O)c2ccc(NC(=O)c3cccs3)cc2)s1. The van der Waals surface area contributed by atoms with Gasteiger partial charge in [-0.2, -0.15) is 0 Å². The summed E-state index contributed by atoms with van der Waals surface area (Å²) in [7, 11) is 0. The number of amides is 2. The van der Waals surface area contributed by atoms with E-state index in [9.17, 15) is 9.59 Å². The molecule has 1 aromatic carbocycles. The molecule has 0 saturated carbocycles. The summed E-state index contributed by atoms with van der Waals surface area (Å²) in [6.07, 6.45) is 3.03. The predicted molar refractivity (Wildman–Crippen MR) is 105 cm³/mol. The van der Waals surface area contributed by atoms with Crippen molar-refractivity contribution in [1.29, 1.82) is 0 Å². The van der Waals surface area contributed by atoms with Crippen molar-refractivity contribution in [3.05, 3.63) is 57.2 Å². The molecule has 0 radical (unpaired) electrons.